The van der Waals surface area contributed by atoms with Gasteiger partial charge in [-0.25, -0.2) is 0 Å². The Hall–Kier alpha value is -0.200. The van der Waals surface area contributed by atoms with E-state index in [2.05, 4.69) is 5.32 Å². The summed E-state index contributed by atoms with van der Waals surface area (Å²) in [5, 5.41) is 13.0. The fraction of sp³-hybridized carbons (Fsp3) is 1.00. The smallest absolute Gasteiger partial charge is 0.0738 e. The number of rotatable bonds is 4. The molecule has 0 bridgehead atoms. The van der Waals surface area contributed by atoms with E-state index < -0.39 is 6.10 Å². The third-order valence-corrected chi connectivity index (χ3v) is 3.60. The summed E-state index contributed by atoms with van der Waals surface area (Å²) in [6.45, 7) is 2.27. The minimum absolute atomic E-state index is 0.101. The molecule has 2 fully saturated rings. The molecule has 0 unspecified atom stereocenters. The van der Waals surface area contributed by atoms with Crippen molar-refractivity contribution >= 4 is 0 Å². The predicted molar refractivity (Wildman–Crippen MR) is 61.9 cm³/mol. The second-order valence-corrected chi connectivity index (χ2v) is 5.18. The van der Waals surface area contributed by atoms with Crippen LogP contribution in [0.25, 0.3) is 0 Å². The number of nitrogens with one attached hydrogen (secondary N) is 1. The van der Waals surface area contributed by atoms with Gasteiger partial charge in [-0.3, -0.25) is 0 Å². The highest BCUT2D eigenvalue weighted by atomic mass is 16.5. The molecule has 2 aliphatic rings. The number of nitrogens with two attached hydrogens (primary N) is 2. The van der Waals surface area contributed by atoms with Gasteiger partial charge in [0.15, 0.2) is 0 Å². The zero-order valence-corrected chi connectivity index (χ0v) is 9.64. The van der Waals surface area contributed by atoms with E-state index in [4.69, 9.17) is 16.2 Å². The van der Waals surface area contributed by atoms with Crippen LogP contribution in [0.1, 0.15) is 19.3 Å². The highest BCUT2D eigenvalue weighted by Gasteiger charge is 2.28. The fourth-order valence-corrected chi connectivity index (χ4v) is 2.42. The van der Waals surface area contributed by atoms with Gasteiger partial charge in [0, 0.05) is 19.0 Å². The lowest BCUT2D eigenvalue weighted by atomic mass is 9.81. The molecule has 2 rings (SSSR count). The SMILES string of the molecule is NC1CC(CNC[C@@H]2C[C@H](O)[C@@H](N)CO2)C1. The minimum Gasteiger partial charge on any atom is -0.391 e. The average Bonchev–Trinajstić information content (AvgIpc) is 2.21. The van der Waals surface area contributed by atoms with Crippen molar-refractivity contribution in [2.24, 2.45) is 17.4 Å². The van der Waals surface area contributed by atoms with Crippen LogP contribution in [0.5, 0.6) is 0 Å². The number of hydrogen-bond donors (Lipinski definition) is 4. The van der Waals surface area contributed by atoms with Crippen LogP contribution in [0.3, 0.4) is 0 Å². The molecule has 0 aromatic heterocycles. The van der Waals surface area contributed by atoms with Crippen molar-refractivity contribution in [2.75, 3.05) is 19.7 Å². The van der Waals surface area contributed by atoms with Gasteiger partial charge < -0.3 is 26.6 Å². The molecule has 1 aliphatic heterocycles. The molecule has 1 saturated heterocycles. The Morgan fingerprint density at radius 3 is 2.56 bits per heavy atom. The fourth-order valence-electron chi connectivity index (χ4n) is 2.42. The van der Waals surface area contributed by atoms with Crippen molar-refractivity contribution in [1.82, 2.24) is 5.32 Å². The van der Waals surface area contributed by atoms with E-state index in [0.717, 1.165) is 31.8 Å². The van der Waals surface area contributed by atoms with E-state index >= 15 is 0 Å². The zero-order chi connectivity index (χ0) is 11.5. The molecule has 1 heterocycles. The summed E-state index contributed by atoms with van der Waals surface area (Å²) in [5.41, 5.74) is 11.4. The van der Waals surface area contributed by atoms with E-state index in [1.807, 2.05) is 0 Å². The largest absolute Gasteiger partial charge is 0.391 e. The van der Waals surface area contributed by atoms with Gasteiger partial charge in [0.25, 0.3) is 0 Å². The molecular formula is C11H23N3O2. The lowest BCUT2D eigenvalue weighted by Crippen LogP contribution is -2.50. The van der Waals surface area contributed by atoms with Gasteiger partial charge in [0.05, 0.1) is 24.9 Å². The Kier molecular flexibility index (Phi) is 4.16. The molecule has 16 heavy (non-hydrogen) atoms. The molecule has 1 aliphatic carbocycles. The van der Waals surface area contributed by atoms with E-state index in [0.29, 0.717) is 19.1 Å². The maximum absolute atomic E-state index is 9.60. The summed E-state index contributed by atoms with van der Waals surface area (Å²) in [5.74, 6) is 0.728. The third kappa shape index (κ3) is 3.15. The molecule has 5 heteroatoms. The Bertz CT molecular complexity index is 221. The third-order valence-electron chi connectivity index (χ3n) is 3.60. The van der Waals surface area contributed by atoms with Crippen molar-refractivity contribution in [1.29, 1.82) is 0 Å². The van der Waals surface area contributed by atoms with Gasteiger partial charge in [0.2, 0.25) is 0 Å². The molecule has 0 aromatic carbocycles. The summed E-state index contributed by atoms with van der Waals surface area (Å²) in [6.07, 6.45) is 2.58. The van der Waals surface area contributed by atoms with Gasteiger partial charge >= 0.3 is 0 Å². The van der Waals surface area contributed by atoms with Crippen molar-refractivity contribution in [3.8, 4) is 0 Å². The van der Waals surface area contributed by atoms with Crippen LogP contribution in [0.15, 0.2) is 0 Å². The van der Waals surface area contributed by atoms with Crippen molar-refractivity contribution in [3.05, 3.63) is 0 Å². The lowest BCUT2D eigenvalue weighted by molar-refractivity contribution is -0.0555. The van der Waals surface area contributed by atoms with Crippen molar-refractivity contribution in [3.63, 3.8) is 0 Å². The van der Waals surface area contributed by atoms with Crippen LogP contribution in [-0.2, 0) is 4.74 Å². The summed E-state index contributed by atoms with van der Waals surface area (Å²) >= 11 is 0. The van der Waals surface area contributed by atoms with Crippen LogP contribution in [0.2, 0.25) is 0 Å². The zero-order valence-electron chi connectivity index (χ0n) is 9.64. The molecule has 0 aromatic rings. The number of aliphatic hydroxyl groups excluding tert-OH is 1. The molecule has 0 radical (unpaired) electrons. The van der Waals surface area contributed by atoms with Crippen LogP contribution in [-0.4, -0.2) is 49.1 Å². The molecule has 5 nitrogen and oxygen atoms in total. The Labute approximate surface area is 96.5 Å². The normalized spacial score (nSPS) is 44.1. The molecule has 6 N–H and O–H groups in total. The molecule has 1 saturated carbocycles. The molecule has 3 atom stereocenters. The van der Waals surface area contributed by atoms with Gasteiger partial charge in [-0.2, -0.15) is 0 Å². The first-order chi connectivity index (χ1) is 7.65. The van der Waals surface area contributed by atoms with E-state index in [-0.39, 0.29) is 12.1 Å². The molecule has 94 valence electrons. The summed E-state index contributed by atoms with van der Waals surface area (Å²) < 4.78 is 5.54. The van der Waals surface area contributed by atoms with Crippen molar-refractivity contribution < 1.29 is 9.84 Å². The summed E-state index contributed by atoms with van der Waals surface area (Å²) in [7, 11) is 0. The first kappa shape index (κ1) is 12.3. The second kappa shape index (κ2) is 5.42. The Morgan fingerprint density at radius 2 is 1.94 bits per heavy atom. The summed E-state index contributed by atoms with van der Waals surface area (Å²) in [4.78, 5) is 0. The Balaban J connectivity index is 1.56. The lowest BCUT2D eigenvalue weighted by Gasteiger charge is -2.34. The highest BCUT2D eigenvalue weighted by Crippen LogP contribution is 2.24. The van der Waals surface area contributed by atoms with Gasteiger partial charge in [-0.1, -0.05) is 0 Å². The van der Waals surface area contributed by atoms with Gasteiger partial charge in [-0.05, 0) is 25.3 Å². The van der Waals surface area contributed by atoms with E-state index in [1.165, 1.54) is 0 Å². The van der Waals surface area contributed by atoms with E-state index in [9.17, 15) is 5.11 Å². The molecule has 0 spiro atoms. The number of aliphatic hydroxyl groups is 1. The van der Waals surface area contributed by atoms with Crippen LogP contribution < -0.4 is 16.8 Å². The summed E-state index contributed by atoms with van der Waals surface area (Å²) in [6, 6.07) is 0.193. The maximum atomic E-state index is 9.60. The maximum Gasteiger partial charge on any atom is 0.0738 e. The van der Waals surface area contributed by atoms with Crippen LogP contribution >= 0.6 is 0 Å². The average molecular weight is 229 g/mol. The standard InChI is InChI=1S/C11H23N3O2/c12-8-1-7(2-8)4-14-5-9-3-11(15)10(13)6-16-9/h7-11,14-15H,1-6,12-13H2/t7?,8?,9-,10-,11-/m0/s1. The molecular weight excluding hydrogens is 206 g/mol. The first-order valence-corrected chi connectivity index (χ1v) is 6.16. The van der Waals surface area contributed by atoms with Crippen molar-refractivity contribution in [2.45, 2.75) is 43.6 Å². The number of ether oxygens (including phenoxy) is 1. The highest BCUT2D eigenvalue weighted by molar-refractivity contribution is 4.85. The minimum atomic E-state index is -0.419. The molecule has 0 amide bonds. The second-order valence-electron chi connectivity index (χ2n) is 5.18. The monoisotopic (exact) mass is 229 g/mol. The quantitative estimate of drug-likeness (QED) is 0.485. The first-order valence-electron chi connectivity index (χ1n) is 6.16. The Morgan fingerprint density at radius 1 is 1.19 bits per heavy atom. The predicted octanol–water partition coefficient (Wildman–Crippen LogP) is -1.21. The van der Waals surface area contributed by atoms with Gasteiger partial charge in [-0.15, -0.1) is 0 Å². The van der Waals surface area contributed by atoms with Crippen LogP contribution in [0.4, 0.5) is 0 Å². The van der Waals surface area contributed by atoms with E-state index in [1.54, 1.807) is 0 Å². The topological polar surface area (TPSA) is 93.5 Å². The number of hydrogen-bond acceptors (Lipinski definition) is 5. The van der Waals surface area contributed by atoms with Gasteiger partial charge in [0.1, 0.15) is 0 Å². The van der Waals surface area contributed by atoms with Crippen LogP contribution in [0, 0.1) is 5.92 Å².